The smallest absolute Gasteiger partial charge is 0.151 e. The first-order valence-electron chi connectivity index (χ1n) is 8.68. The topological polar surface area (TPSA) is 67.7 Å². The molecule has 0 saturated carbocycles. The lowest BCUT2D eigenvalue weighted by atomic mass is 10.1. The summed E-state index contributed by atoms with van der Waals surface area (Å²) in [6.07, 6.45) is 3.99. The molecule has 0 radical (unpaired) electrons. The maximum Gasteiger partial charge on any atom is 0.151 e. The number of alkyl halides is 1. The van der Waals surface area contributed by atoms with Crippen LogP contribution >= 0.6 is 22.6 Å². The molecule has 6 nitrogen and oxygen atoms in total. The number of hydrogen-bond acceptors (Lipinski definition) is 5. The summed E-state index contributed by atoms with van der Waals surface area (Å²) in [5, 5.41) is 11.7. The summed E-state index contributed by atoms with van der Waals surface area (Å²) in [6.45, 7) is 5.28. The van der Waals surface area contributed by atoms with Crippen molar-refractivity contribution in [3.63, 3.8) is 0 Å². The van der Waals surface area contributed by atoms with Gasteiger partial charge >= 0.3 is 0 Å². The normalized spacial score (nSPS) is 25.7. The quantitative estimate of drug-likeness (QED) is 0.439. The number of halogens is 1. The summed E-state index contributed by atoms with van der Waals surface area (Å²) < 4.78 is 2.56. The molecule has 2 aromatic rings. The van der Waals surface area contributed by atoms with Crippen LogP contribution in [0.5, 0.6) is 0 Å². The molecule has 4 heterocycles. The average molecular weight is 438 g/mol. The van der Waals surface area contributed by atoms with Crippen molar-refractivity contribution in [1.29, 1.82) is 0 Å². The number of aryl methyl sites for hydroxylation is 3. The minimum absolute atomic E-state index is 0.272. The van der Waals surface area contributed by atoms with Gasteiger partial charge in [-0.15, -0.1) is 0 Å². The molecule has 2 aromatic heterocycles. The van der Waals surface area contributed by atoms with Crippen LogP contribution in [0.1, 0.15) is 55.3 Å². The van der Waals surface area contributed by atoms with E-state index in [1.165, 1.54) is 12.0 Å². The minimum Gasteiger partial charge on any atom is -0.358 e. The summed E-state index contributed by atoms with van der Waals surface area (Å²) in [6, 6.07) is 5.00. The Hall–Kier alpha value is -1.22. The Kier molecular flexibility index (Phi) is 4.46. The van der Waals surface area contributed by atoms with Gasteiger partial charge in [0.15, 0.2) is 5.82 Å². The van der Waals surface area contributed by atoms with E-state index in [1.54, 1.807) is 0 Å². The predicted molar refractivity (Wildman–Crippen MR) is 103 cm³/mol. The molecule has 0 aromatic carbocycles. The molecule has 2 N–H and O–H groups in total. The Morgan fingerprint density at radius 2 is 2.12 bits per heavy atom. The van der Waals surface area contributed by atoms with E-state index in [0.29, 0.717) is 10.1 Å². The second kappa shape index (κ2) is 6.59. The van der Waals surface area contributed by atoms with Crippen molar-refractivity contribution in [2.75, 3.05) is 11.9 Å². The van der Waals surface area contributed by atoms with E-state index in [0.717, 1.165) is 49.0 Å². The third kappa shape index (κ3) is 3.15. The molecule has 4 rings (SSSR count). The zero-order chi connectivity index (χ0) is 16.7. The zero-order valence-electron chi connectivity index (χ0n) is 14.1. The van der Waals surface area contributed by atoms with Gasteiger partial charge in [0.2, 0.25) is 0 Å². The van der Waals surface area contributed by atoms with E-state index in [1.807, 2.05) is 0 Å². The fourth-order valence-electron chi connectivity index (χ4n) is 3.37. The second-order valence-corrected chi connectivity index (χ2v) is 8.27. The first-order chi connectivity index (χ1) is 11.6. The highest BCUT2D eigenvalue weighted by Gasteiger charge is 2.24. The van der Waals surface area contributed by atoms with Crippen molar-refractivity contribution < 1.29 is 0 Å². The Balaban J connectivity index is 1.48. The summed E-state index contributed by atoms with van der Waals surface area (Å²) in [7, 11) is 0. The van der Waals surface area contributed by atoms with Gasteiger partial charge in [-0.25, -0.2) is 14.6 Å². The molecule has 2 aliphatic heterocycles. The molecule has 2 aliphatic rings. The molecule has 0 spiro atoms. The van der Waals surface area contributed by atoms with E-state index in [-0.39, 0.29) is 6.04 Å². The lowest BCUT2D eigenvalue weighted by Crippen LogP contribution is -2.35. The number of rotatable bonds is 3. The fourth-order valence-corrected chi connectivity index (χ4v) is 3.98. The van der Waals surface area contributed by atoms with Crippen LogP contribution < -0.4 is 10.6 Å². The van der Waals surface area contributed by atoms with Gasteiger partial charge < -0.3 is 10.6 Å². The maximum absolute atomic E-state index is 4.80. The SMILES string of the molecule is CC1NCC(C)n2nc(CCc3ccc4c(n3)N[C@H](I)CC4)nc21. The average Bonchev–Trinajstić information content (AvgIpc) is 3.01. The van der Waals surface area contributed by atoms with Crippen molar-refractivity contribution in [2.45, 2.75) is 55.7 Å². The van der Waals surface area contributed by atoms with E-state index in [4.69, 9.17) is 15.1 Å². The van der Waals surface area contributed by atoms with Crippen LogP contribution in [-0.2, 0) is 19.3 Å². The number of hydrogen-bond donors (Lipinski definition) is 2. The number of aromatic nitrogens is 4. The number of anilines is 1. The monoisotopic (exact) mass is 438 g/mol. The van der Waals surface area contributed by atoms with Gasteiger partial charge in [-0.1, -0.05) is 28.7 Å². The predicted octanol–water partition coefficient (Wildman–Crippen LogP) is 2.80. The first kappa shape index (κ1) is 16.3. The van der Waals surface area contributed by atoms with Crippen LogP contribution in [0.15, 0.2) is 12.1 Å². The van der Waals surface area contributed by atoms with Gasteiger partial charge in [0.1, 0.15) is 11.6 Å². The fraction of sp³-hybridized carbons (Fsp3) is 0.588. The van der Waals surface area contributed by atoms with Crippen LogP contribution in [-0.4, -0.2) is 30.3 Å². The lowest BCUT2D eigenvalue weighted by Gasteiger charge is -2.25. The molecular weight excluding hydrogens is 415 g/mol. The van der Waals surface area contributed by atoms with Crippen LogP contribution in [0.2, 0.25) is 0 Å². The molecule has 0 bridgehead atoms. The number of nitrogens with zero attached hydrogens (tertiary/aromatic N) is 4. The Bertz CT molecular complexity index is 715. The highest BCUT2D eigenvalue weighted by Crippen LogP contribution is 2.26. The molecule has 7 heteroatoms. The molecule has 0 fully saturated rings. The molecule has 2 unspecified atom stereocenters. The van der Waals surface area contributed by atoms with Gasteiger partial charge in [0.25, 0.3) is 0 Å². The molecule has 0 aliphatic carbocycles. The Labute approximate surface area is 156 Å². The van der Waals surface area contributed by atoms with Gasteiger partial charge in [-0.2, -0.15) is 5.10 Å². The highest BCUT2D eigenvalue weighted by atomic mass is 127. The summed E-state index contributed by atoms with van der Waals surface area (Å²) in [4.78, 5) is 9.54. The van der Waals surface area contributed by atoms with Gasteiger partial charge in [-0.05, 0) is 44.7 Å². The van der Waals surface area contributed by atoms with E-state index >= 15 is 0 Å². The standard InChI is InChI=1S/C17H23IN6/c1-10-9-19-11(2)17-22-15(23-24(10)17)8-6-13-5-3-12-4-7-14(18)21-16(12)20-13/h3,5,10-11,14,19H,4,6-9H2,1-2H3,(H,20,21)/t10?,11?,14-/m0/s1. The third-order valence-corrected chi connectivity index (χ3v) is 5.76. The maximum atomic E-state index is 4.80. The van der Waals surface area contributed by atoms with Gasteiger partial charge in [-0.3, -0.25) is 0 Å². The Morgan fingerprint density at radius 3 is 2.96 bits per heavy atom. The van der Waals surface area contributed by atoms with Crippen molar-refractivity contribution in [3.8, 4) is 0 Å². The van der Waals surface area contributed by atoms with Crippen molar-refractivity contribution in [2.24, 2.45) is 0 Å². The number of fused-ring (bicyclic) bond motifs is 2. The molecule has 3 atom stereocenters. The molecule has 0 saturated heterocycles. The highest BCUT2D eigenvalue weighted by molar-refractivity contribution is 14.1. The lowest BCUT2D eigenvalue weighted by molar-refractivity contribution is 0.346. The van der Waals surface area contributed by atoms with Crippen molar-refractivity contribution in [1.82, 2.24) is 25.1 Å². The number of pyridine rings is 1. The van der Waals surface area contributed by atoms with E-state index < -0.39 is 0 Å². The van der Waals surface area contributed by atoms with Crippen molar-refractivity contribution >= 4 is 28.4 Å². The van der Waals surface area contributed by atoms with Crippen LogP contribution in [0.25, 0.3) is 0 Å². The third-order valence-electron chi connectivity index (χ3n) is 4.83. The first-order valence-corrected chi connectivity index (χ1v) is 9.93. The molecule has 24 heavy (non-hydrogen) atoms. The Morgan fingerprint density at radius 1 is 1.25 bits per heavy atom. The van der Waals surface area contributed by atoms with E-state index in [2.05, 4.69) is 63.9 Å². The molecule has 128 valence electrons. The van der Waals surface area contributed by atoms with E-state index in [9.17, 15) is 0 Å². The molecular formula is C17H23IN6. The summed E-state index contributed by atoms with van der Waals surface area (Å²) >= 11 is 2.44. The minimum atomic E-state index is 0.272. The van der Waals surface area contributed by atoms with Crippen LogP contribution in [0.3, 0.4) is 0 Å². The van der Waals surface area contributed by atoms with Gasteiger partial charge in [0.05, 0.1) is 16.1 Å². The number of nitrogens with one attached hydrogen (secondary N) is 2. The molecule has 0 amide bonds. The zero-order valence-corrected chi connectivity index (χ0v) is 16.2. The summed E-state index contributed by atoms with van der Waals surface area (Å²) in [5.41, 5.74) is 2.44. The van der Waals surface area contributed by atoms with Gasteiger partial charge in [0, 0.05) is 18.7 Å². The second-order valence-electron chi connectivity index (χ2n) is 6.77. The van der Waals surface area contributed by atoms with Crippen LogP contribution in [0.4, 0.5) is 5.82 Å². The van der Waals surface area contributed by atoms with Crippen LogP contribution in [0, 0.1) is 0 Å². The largest absolute Gasteiger partial charge is 0.358 e. The van der Waals surface area contributed by atoms with Crippen molar-refractivity contribution in [3.05, 3.63) is 35.0 Å². The summed E-state index contributed by atoms with van der Waals surface area (Å²) in [5.74, 6) is 3.03.